The number of hydrogen-bond acceptors (Lipinski definition) is 3. The average Bonchev–Trinajstić information content (AvgIpc) is 2.65. The van der Waals surface area contributed by atoms with Gasteiger partial charge in [-0.2, -0.15) is 4.31 Å². The van der Waals surface area contributed by atoms with E-state index in [1.807, 2.05) is 0 Å². The second-order valence-electron chi connectivity index (χ2n) is 10.00. The highest BCUT2D eigenvalue weighted by atomic mass is 32.2. The molecule has 1 spiro atoms. The predicted octanol–water partition coefficient (Wildman–Crippen LogP) is 2.78. The van der Waals surface area contributed by atoms with Crippen molar-refractivity contribution < 1.29 is 17.6 Å². The molecule has 2 unspecified atom stereocenters. The Morgan fingerprint density at radius 3 is 2.24 bits per heavy atom. The molecule has 2 atom stereocenters. The van der Waals surface area contributed by atoms with Gasteiger partial charge in [0.15, 0.2) is 0 Å². The number of carbonyl (C=O) groups excluding carboxylic acids is 1. The summed E-state index contributed by atoms with van der Waals surface area (Å²) in [4.78, 5) is 13.1. The van der Waals surface area contributed by atoms with Gasteiger partial charge in [0, 0.05) is 19.6 Å². The molecule has 1 heterocycles. The molecule has 29 heavy (non-hydrogen) atoms. The van der Waals surface area contributed by atoms with Crippen LogP contribution in [0, 0.1) is 40.3 Å². The monoisotopic (exact) mass is 418 g/mol. The van der Waals surface area contributed by atoms with E-state index in [1.54, 1.807) is 0 Å². The molecule has 7 heteroatoms. The number of halogens is 1. The molecule has 1 N–H and O–H groups in total. The van der Waals surface area contributed by atoms with E-state index in [9.17, 15) is 17.6 Å². The normalized spacial score (nSPS) is 40.4. The molecule has 4 saturated carbocycles. The van der Waals surface area contributed by atoms with Gasteiger partial charge in [-0.25, -0.2) is 12.8 Å². The van der Waals surface area contributed by atoms with Gasteiger partial charge in [0.25, 0.3) is 0 Å². The van der Waals surface area contributed by atoms with Crippen molar-refractivity contribution in [2.75, 3.05) is 19.6 Å². The van der Waals surface area contributed by atoms with E-state index in [4.69, 9.17) is 0 Å². The summed E-state index contributed by atoms with van der Waals surface area (Å²) in [7, 11) is -3.58. The van der Waals surface area contributed by atoms with Crippen LogP contribution in [-0.4, -0.2) is 38.3 Å². The van der Waals surface area contributed by atoms with E-state index in [1.165, 1.54) is 41.4 Å². The summed E-state index contributed by atoms with van der Waals surface area (Å²) in [5.74, 6) is 2.62. The van der Waals surface area contributed by atoms with Gasteiger partial charge >= 0.3 is 0 Å². The zero-order valence-electron chi connectivity index (χ0n) is 16.4. The van der Waals surface area contributed by atoms with Gasteiger partial charge in [-0.15, -0.1) is 0 Å². The van der Waals surface area contributed by atoms with E-state index in [2.05, 4.69) is 5.32 Å². The fourth-order valence-electron chi connectivity index (χ4n) is 7.83. The minimum absolute atomic E-state index is 0.0455. The standard InChI is InChI=1S/C22H27FN2O3S/c23-18-1-3-19(4-2-18)29(27,28)25-7-5-14(6-8-25)13-24-20(26)21-11-16-9-15-10-17(12-21)22(15,16)21/h1-4,14-17H,5-13H2,(H,24,26). The first-order valence-corrected chi connectivity index (χ1v) is 12.4. The molecule has 0 aromatic heterocycles. The zero-order chi connectivity index (χ0) is 20.0. The number of nitrogens with zero attached hydrogens (tertiary/aromatic N) is 1. The second kappa shape index (κ2) is 5.82. The summed E-state index contributed by atoms with van der Waals surface area (Å²) < 4.78 is 40.0. The quantitative estimate of drug-likeness (QED) is 0.800. The van der Waals surface area contributed by atoms with Crippen molar-refractivity contribution >= 4 is 15.9 Å². The second-order valence-corrected chi connectivity index (χ2v) is 11.9. The summed E-state index contributed by atoms with van der Waals surface area (Å²) in [5, 5.41) is 3.24. The molecule has 156 valence electrons. The van der Waals surface area contributed by atoms with Crippen molar-refractivity contribution in [2.45, 2.75) is 43.4 Å². The summed E-state index contributed by atoms with van der Waals surface area (Å²) in [6.45, 7) is 1.55. The number of carbonyl (C=O) groups is 1. The van der Waals surface area contributed by atoms with Crippen molar-refractivity contribution in [1.82, 2.24) is 9.62 Å². The van der Waals surface area contributed by atoms with E-state index in [0.29, 0.717) is 31.0 Å². The van der Waals surface area contributed by atoms with E-state index in [-0.39, 0.29) is 16.2 Å². The van der Waals surface area contributed by atoms with Gasteiger partial charge in [0.2, 0.25) is 15.9 Å². The molecule has 1 saturated heterocycles. The SMILES string of the molecule is O=C(NCC1CCN(S(=O)(=O)c2ccc(F)cc2)CC1)C12CC3CC4CC(C1)C432. The Labute approximate surface area is 171 Å². The number of rotatable bonds is 5. The van der Waals surface area contributed by atoms with Crippen molar-refractivity contribution in [3.63, 3.8) is 0 Å². The number of piperidine rings is 1. The van der Waals surface area contributed by atoms with Crippen molar-refractivity contribution in [1.29, 1.82) is 0 Å². The van der Waals surface area contributed by atoms with Gasteiger partial charge in [-0.3, -0.25) is 4.79 Å². The van der Waals surface area contributed by atoms with Crippen LogP contribution in [0.2, 0.25) is 0 Å². The Hall–Kier alpha value is -1.47. The maximum absolute atomic E-state index is 13.1. The molecular formula is C22H27FN2O3S. The molecule has 1 amide bonds. The Morgan fingerprint density at radius 1 is 1.07 bits per heavy atom. The van der Waals surface area contributed by atoms with Crippen LogP contribution in [0.3, 0.4) is 0 Å². The topological polar surface area (TPSA) is 66.5 Å². The van der Waals surface area contributed by atoms with Gasteiger partial charge in [0.05, 0.1) is 10.3 Å². The fraction of sp³-hybridized carbons (Fsp3) is 0.682. The highest BCUT2D eigenvalue weighted by Gasteiger charge is 2.89. The van der Waals surface area contributed by atoms with Gasteiger partial charge in [0.1, 0.15) is 5.82 Å². The minimum Gasteiger partial charge on any atom is -0.355 e. The lowest BCUT2D eigenvalue weighted by molar-refractivity contribution is -0.413. The molecule has 4 aliphatic carbocycles. The smallest absolute Gasteiger partial charge is 0.243 e. The molecule has 5 fully saturated rings. The highest BCUT2D eigenvalue weighted by molar-refractivity contribution is 7.89. The molecule has 1 aromatic rings. The molecule has 1 aliphatic heterocycles. The number of hydrogen-bond donors (Lipinski definition) is 1. The molecular weight excluding hydrogens is 391 g/mol. The molecule has 6 rings (SSSR count). The van der Waals surface area contributed by atoms with E-state index < -0.39 is 15.8 Å². The molecule has 5 aliphatic rings. The van der Waals surface area contributed by atoms with Crippen molar-refractivity contribution in [2.24, 2.45) is 34.5 Å². The van der Waals surface area contributed by atoms with E-state index >= 15 is 0 Å². The lowest BCUT2D eigenvalue weighted by Crippen LogP contribution is -2.88. The number of amides is 1. The Kier molecular flexibility index (Phi) is 3.67. The summed E-state index contributed by atoms with van der Waals surface area (Å²) in [6.07, 6.45) is 6.39. The number of benzene rings is 1. The predicted molar refractivity (Wildman–Crippen MR) is 105 cm³/mol. The molecule has 0 bridgehead atoms. The first-order chi connectivity index (χ1) is 13.9. The lowest BCUT2D eigenvalue weighted by Gasteiger charge is -2.90. The third kappa shape index (κ3) is 2.13. The molecule has 0 radical (unpaired) electrons. The Balaban J connectivity index is 1.03. The van der Waals surface area contributed by atoms with E-state index in [0.717, 1.165) is 43.4 Å². The Morgan fingerprint density at radius 2 is 1.69 bits per heavy atom. The third-order valence-electron chi connectivity index (χ3n) is 9.19. The van der Waals surface area contributed by atoms with Crippen LogP contribution >= 0.6 is 0 Å². The van der Waals surface area contributed by atoms with Gasteiger partial charge < -0.3 is 5.32 Å². The van der Waals surface area contributed by atoms with Crippen LogP contribution in [0.5, 0.6) is 0 Å². The zero-order valence-corrected chi connectivity index (χ0v) is 17.3. The van der Waals surface area contributed by atoms with Crippen LogP contribution in [0.4, 0.5) is 4.39 Å². The van der Waals surface area contributed by atoms with Crippen LogP contribution < -0.4 is 5.32 Å². The van der Waals surface area contributed by atoms with Crippen LogP contribution in [0.1, 0.15) is 38.5 Å². The summed E-state index contributed by atoms with van der Waals surface area (Å²) in [5.41, 5.74) is 0.361. The first kappa shape index (κ1) is 18.3. The van der Waals surface area contributed by atoms with Crippen LogP contribution in [-0.2, 0) is 14.8 Å². The summed E-state index contributed by atoms with van der Waals surface area (Å²) in [6, 6.07) is 5.00. The van der Waals surface area contributed by atoms with Gasteiger partial charge in [-0.1, -0.05) is 0 Å². The maximum Gasteiger partial charge on any atom is 0.243 e. The summed E-state index contributed by atoms with van der Waals surface area (Å²) >= 11 is 0. The van der Waals surface area contributed by atoms with Crippen molar-refractivity contribution in [3.8, 4) is 0 Å². The van der Waals surface area contributed by atoms with Gasteiger partial charge in [-0.05, 0) is 91.9 Å². The largest absolute Gasteiger partial charge is 0.355 e. The lowest BCUT2D eigenvalue weighted by atomic mass is 9.13. The maximum atomic E-state index is 13.1. The first-order valence-electron chi connectivity index (χ1n) is 10.9. The van der Waals surface area contributed by atoms with Crippen molar-refractivity contribution in [3.05, 3.63) is 30.1 Å². The number of sulfonamides is 1. The molecule has 1 aromatic carbocycles. The highest BCUT2D eigenvalue weighted by Crippen LogP contribution is 2.92. The average molecular weight is 419 g/mol. The Bertz CT molecular complexity index is 943. The molecule has 5 nitrogen and oxygen atoms in total. The number of nitrogens with one attached hydrogen (secondary N) is 1. The van der Waals surface area contributed by atoms with Crippen LogP contribution in [0.15, 0.2) is 29.2 Å². The third-order valence-corrected chi connectivity index (χ3v) is 11.1. The van der Waals surface area contributed by atoms with Crippen LogP contribution in [0.25, 0.3) is 0 Å². The fourth-order valence-corrected chi connectivity index (χ4v) is 9.30. The minimum atomic E-state index is -3.58.